The van der Waals surface area contributed by atoms with Crippen LogP contribution in [0.3, 0.4) is 0 Å². The first kappa shape index (κ1) is 9.87. The van der Waals surface area contributed by atoms with E-state index in [2.05, 4.69) is 4.72 Å². The SMILES string of the molecule is CCC(CC)NS(=O)(=O)O. The molecule has 62 valence electrons. The lowest BCUT2D eigenvalue weighted by Crippen LogP contribution is -2.33. The molecule has 10 heavy (non-hydrogen) atoms. The lowest BCUT2D eigenvalue weighted by atomic mass is 10.2. The van der Waals surface area contributed by atoms with Gasteiger partial charge >= 0.3 is 10.3 Å². The van der Waals surface area contributed by atoms with Gasteiger partial charge in [0.25, 0.3) is 0 Å². The summed E-state index contributed by atoms with van der Waals surface area (Å²) in [5, 5.41) is 0. The first-order valence-electron chi connectivity index (χ1n) is 3.24. The Morgan fingerprint density at radius 2 is 1.80 bits per heavy atom. The van der Waals surface area contributed by atoms with Gasteiger partial charge in [-0.25, -0.2) is 0 Å². The average Bonchev–Trinajstić information content (AvgIpc) is 1.81. The molecule has 0 aromatic heterocycles. The van der Waals surface area contributed by atoms with E-state index in [-0.39, 0.29) is 6.04 Å². The molecule has 0 aliphatic heterocycles. The van der Waals surface area contributed by atoms with Gasteiger partial charge in [-0.05, 0) is 12.8 Å². The van der Waals surface area contributed by atoms with E-state index in [4.69, 9.17) is 4.55 Å². The molecule has 0 amide bonds. The molecule has 0 fully saturated rings. The minimum absolute atomic E-state index is 0.144. The van der Waals surface area contributed by atoms with Crippen LogP contribution in [0, 0.1) is 0 Å². The van der Waals surface area contributed by atoms with Crippen molar-refractivity contribution in [1.29, 1.82) is 0 Å². The number of hydrogen-bond donors (Lipinski definition) is 2. The second-order valence-electron chi connectivity index (χ2n) is 2.11. The highest BCUT2D eigenvalue weighted by molar-refractivity contribution is 7.83. The molecule has 5 heteroatoms. The van der Waals surface area contributed by atoms with Crippen molar-refractivity contribution in [2.24, 2.45) is 0 Å². The van der Waals surface area contributed by atoms with Gasteiger partial charge in [0, 0.05) is 6.04 Å². The van der Waals surface area contributed by atoms with Crippen molar-refractivity contribution in [2.75, 3.05) is 0 Å². The van der Waals surface area contributed by atoms with Crippen molar-refractivity contribution in [3.8, 4) is 0 Å². The fourth-order valence-corrected chi connectivity index (χ4v) is 1.42. The van der Waals surface area contributed by atoms with Crippen molar-refractivity contribution >= 4 is 10.3 Å². The Hall–Kier alpha value is -0.130. The normalized spacial score (nSPS) is 12.4. The van der Waals surface area contributed by atoms with Crippen molar-refractivity contribution in [3.05, 3.63) is 0 Å². The van der Waals surface area contributed by atoms with Gasteiger partial charge in [0.15, 0.2) is 0 Å². The first-order valence-corrected chi connectivity index (χ1v) is 4.68. The third kappa shape index (κ3) is 4.72. The van der Waals surface area contributed by atoms with Crippen LogP contribution in [-0.4, -0.2) is 19.0 Å². The summed E-state index contributed by atoms with van der Waals surface area (Å²) in [5.41, 5.74) is 0. The average molecular weight is 167 g/mol. The zero-order valence-corrected chi connectivity index (χ0v) is 6.98. The van der Waals surface area contributed by atoms with Crippen LogP contribution in [0.4, 0.5) is 0 Å². The molecule has 0 unspecified atom stereocenters. The van der Waals surface area contributed by atoms with E-state index >= 15 is 0 Å². The summed E-state index contributed by atoms with van der Waals surface area (Å²) in [5.74, 6) is 0. The fraction of sp³-hybridized carbons (Fsp3) is 1.00. The topological polar surface area (TPSA) is 66.4 Å². The van der Waals surface area contributed by atoms with Crippen molar-refractivity contribution in [3.63, 3.8) is 0 Å². The lowest BCUT2D eigenvalue weighted by Gasteiger charge is -2.10. The molecular weight excluding hydrogens is 154 g/mol. The van der Waals surface area contributed by atoms with E-state index in [1.807, 2.05) is 13.8 Å². The van der Waals surface area contributed by atoms with E-state index in [0.717, 1.165) is 0 Å². The molecular formula is C5H13NO3S. The van der Waals surface area contributed by atoms with Gasteiger partial charge in [0.1, 0.15) is 0 Å². The van der Waals surface area contributed by atoms with Crippen molar-refractivity contribution in [2.45, 2.75) is 32.7 Å². The number of hydrogen-bond acceptors (Lipinski definition) is 2. The molecule has 0 atom stereocenters. The van der Waals surface area contributed by atoms with Crippen LogP contribution in [0.1, 0.15) is 26.7 Å². The van der Waals surface area contributed by atoms with Crippen LogP contribution in [0.25, 0.3) is 0 Å². The van der Waals surface area contributed by atoms with Crippen LogP contribution in [-0.2, 0) is 10.3 Å². The first-order chi connectivity index (χ1) is 4.49. The van der Waals surface area contributed by atoms with Crippen LogP contribution in [0.5, 0.6) is 0 Å². The summed E-state index contributed by atoms with van der Waals surface area (Å²) < 4.78 is 30.8. The molecule has 4 nitrogen and oxygen atoms in total. The van der Waals surface area contributed by atoms with Crippen LogP contribution in [0.2, 0.25) is 0 Å². The monoisotopic (exact) mass is 167 g/mol. The van der Waals surface area contributed by atoms with Gasteiger partial charge in [-0.15, -0.1) is 0 Å². The molecule has 0 aliphatic rings. The molecule has 0 rings (SSSR count). The largest absolute Gasteiger partial charge is 0.333 e. The molecule has 0 saturated heterocycles. The Balaban J connectivity index is 3.87. The highest BCUT2D eigenvalue weighted by Crippen LogP contribution is 1.96. The zero-order valence-electron chi connectivity index (χ0n) is 6.16. The summed E-state index contributed by atoms with van der Waals surface area (Å²) in [7, 11) is -4.00. The fourth-order valence-electron chi connectivity index (χ4n) is 0.666. The van der Waals surface area contributed by atoms with Crippen LogP contribution >= 0.6 is 0 Å². The third-order valence-electron chi connectivity index (χ3n) is 1.30. The van der Waals surface area contributed by atoms with E-state index in [1.165, 1.54) is 0 Å². The van der Waals surface area contributed by atoms with E-state index in [9.17, 15) is 8.42 Å². The predicted octanol–water partition coefficient (Wildman–Crippen LogP) is 0.567. The maximum absolute atomic E-state index is 10.2. The second-order valence-corrected chi connectivity index (χ2v) is 3.29. The smallest absolute Gasteiger partial charge is 0.273 e. The minimum atomic E-state index is -4.00. The maximum Gasteiger partial charge on any atom is 0.333 e. The molecule has 0 aromatic rings. The highest BCUT2D eigenvalue weighted by atomic mass is 32.2. The molecule has 0 spiro atoms. The van der Waals surface area contributed by atoms with Gasteiger partial charge in [-0.3, -0.25) is 4.55 Å². The molecule has 0 radical (unpaired) electrons. The predicted molar refractivity (Wildman–Crippen MR) is 39.1 cm³/mol. The molecule has 0 heterocycles. The minimum Gasteiger partial charge on any atom is -0.273 e. The van der Waals surface area contributed by atoms with Gasteiger partial charge in [0.05, 0.1) is 0 Å². The summed E-state index contributed by atoms with van der Waals surface area (Å²) in [6, 6.07) is -0.144. The van der Waals surface area contributed by atoms with E-state index in [1.54, 1.807) is 0 Å². The second kappa shape index (κ2) is 3.90. The Labute approximate surface area is 61.5 Å². The summed E-state index contributed by atoms with van der Waals surface area (Å²) in [6.45, 7) is 3.71. The Morgan fingerprint density at radius 1 is 1.40 bits per heavy atom. The Kier molecular flexibility index (Phi) is 3.85. The molecule has 0 aromatic carbocycles. The molecule has 2 N–H and O–H groups in total. The Bertz CT molecular complexity index is 171. The van der Waals surface area contributed by atoms with Crippen LogP contribution in [0.15, 0.2) is 0 Å². The number of nitrogens with one attached hydrogen (secondary N) is 1. The lowest BCUT2D eigenvalue weighted by molar-refractivity contribution is 0.444. The highest BCUT2D eigenvalue weighted by Gasteiger charge is 2.09. The van der Waals surface area contributed by atoms with Crippen molar-refractivity contribution < 1.29 is 13.0 Å². The molecule has 0 saturated carbocycles. The summed E-state index contributed by atoms with van der Waals surface area (Å²) in [4.78, 5) is 0. The van der Waals surface area contributed by atoms with E-state index < -0.39 is 10.3 Å². The zero-order chi connectivity index (χ0) is 8.20. The van der Waals surface area contributed by atoms with Gasteiger partial charge in [-0.2, -0.15) is 13.1 Å². The summed E-state index contributed by atoms with van der Waals surface area (Å²) >= 11 is 0. The molecule has 0 aliphatic carbocycles. The summed E-state index contributed by atoms with van der Waals surface area (Å²) in [6.07, 6.45) is 1.38. The number of rotatable bonds is 4. The Morgan fingerprint density at radius 3 is 1.90 bits per heavy atom. The molecule has 0 bridgehead atoms. The maximum atomic E-state index is 10.2. The van der Waals surface area contributed by atoms with Gasteiger partial charge < -0.3 is 0 Å². The van der Waals surface area contributed by atoms with Gasteiger partial charge in [-0.1, -0.05) is 13.8 Å². The van der Waals surface area contributed by atoms with E-state index in [0.29, 0.717) is 12.8 Å². The third-order valence-corrected chi connectivity index (χ3v) is 1.93. The van der Waals surface area contributed by atoms with Gasteiger partial charge in [0.2, 0.25) is 0 Å². The quantitative estimate of drug-likeness (QED) is 0.601. The van der Waals surface area contributed by atoms with Crippen molar-refractivity contribution in [1.82, 2.24) is 4.72 Å². The van der Waals surface area contributed by atoms with Crippen LogP contribution < -0.4 is 4.72 Å². The standard InChI is InChI=1S/C5H13NO3S/c1-3-5(4-2)6-10(7,8)9/h5-6H,3-4H2,1-2H3,(H,7,8,9).